The third-order valence-corrected chi connectivity index (χ3v) is 3.87. The number of benzene rings is 1. The monoisotopic (exact) mass is 357 g/mol. The van der Waals surface area contributed by atoms with Crippen LogP contribution in [0.3, 0.4) is 0 Å². The summed E-state index contributed by atoms with van der Waals surface area (Å²) in [4.78, 5) is 12.6. The molecular formula is C17H19N5O4. The van der Waals surface area contributed by atoms with Gasteiger partial charge in [-0.15, -0.1) is 0 Å². The van der Waals surface area contributed by atoms with Crippen LogP contribution in [0.4, 0.5) is 5.95 Å². The number of carbonyl (C=O) groups excluding carboxylic acids is 1. The first-order valence-electron chi connectivity index (χ1n) is 8.06. The van der Waals surface area contributed by atoms with Gasteiger partial charge in [0.1, 0.15) is 12.6 Å². The van der Waals surface area contributed by atoms with Crippen molar-refractivity contribution in [2.24, 2.45) is 0 Å². The molecule has 0 radical (unpaired) electrons. The van der Waals surface area contributed by atoms with E-state index in [-0.39, 0.29) is 12.4 Å². The molecule has 1 aromatic carbocycles. The Morgan fingerprint density at radius 2 is 2.31 bits per heavy atom. The Hall–Kier alpha value is -3.36. The van der Waals surface area contributed by atoms with Crippen molar-refractivity contribution in [1.29, 1.82) is 0 Å². The summed E-state index contributed by atoms with van der Waals surface area (Å²) in [5.74, 6) is 0.221. The highest BCUT2D eigenvalue weighted by molar-refractivity contribution is 5.92. The quantitative estimate of drug-likeness (QED) is 0.595. The molecule has 0 fully saturated rings. The Kier molecular flexibility index (Phi) is 4.87. The van der Waals surface area contributed by atoms with Gasteiger partial charge in [0.05, 0.1) is 12.2 Å². The van der Waals surface area contributed by atoms with Gasteiger partial charge in [0.25, 0.3) is 0 Å². The van der Waals surface area contributed by atoms with E-state index in [0.717, 1.165) is 0 Å². The number of aromatic nitrogens is 4. The Morgan fingerprint density at radius 3 is 3.04 bits per heavy atom. The van der Waals surface area contributed by atoms with Crippen LogP contribution in [0.1, 0.15) is 25.5 Å². The summed E-state index contributed by atoms with van der Waals surface area (Å²) in [6.07, 6.45) is 1.50. The summed E-state index contributed by atoms with van der Waals surface area (Å²) in [6, 6.07) is 4.23. The van der Waals surface area contributed by atoms with Crippen LogP contribution in [0.2, 0.25) is 0 Å². The van der Waals surface area contributed by atoms with Gasteiger partial charge in [-0.2, -0.15) is 4.68 Å². The Balaban J connectivity index is 2.10. The van der Waals surface area contributed by atoms with Crippen molar-refractivity contribution in [1.82, 2.24) is 20.2 Å². The number of carbonyl (C=O) groups is 1. The molecule has 0 bridgehead atoms. The standard InChI is InChI=1S/C17H19N5O4/c1-4-8-26-16(24)14-10(3)18-17-19-20-21-22(17)15(14)11-6-7-12(23)13(9-11)25-5-2/h4,6-7,9,15,23H,1,5,8H2,2-3H3,(H,18,19,21)/t15-/m0/s1. The first kappa shape index (κ1) is 17.5. The summed E-state index contributed by atoms with van der Waals surface area (Å²) in [7, 11) is 0. The molecule has 2 aromatic rings. The van der Waals surface area contributed by atoms with E-state index in [1.54, 1.807) is 19.1 Å². The number of tetrazole rings is 1. The lowest BCUT2D eigenvalue weighted by Crippen LogP contribution is -2.29. The minimum Gasteiger partial charge on any atom is -0.504 e. The Labute approximate surface area is 149 Å². The number of fused-ring (bicyclic) bond motifs is 1. The lowest BCUT2D eigenvalue weighted by molar-refractivity contribution is -0.138. The molecule has 1 atom stereocenters. The van der Waals surface area contributed by atoms with Crippen molar-refractivity contribution < 1.29 is 19.4 Å². The van der Waals surface area contributed by atoms with Gasteiger partial charge in [0.15, 0.2) is 11.5 Å². The molecule has 0 amide bonds. The smallest absolute Gasteiger partial charge is 0.338 e. The van der Waals surface area contributed by atoms with Crippen LogP contribution in [0.5, 0.6) is 11.5 Å². The molecule has 2 N–H and O–H groups in total. The minimum atomic E-state index is -0.627. The second-order valence-electron chi connectivity index (χ2n) is 5.56. The molecule has 1 aliphatic rings. The maximum Gasteiger partial charge on any atom is 0.338 e. The van der Waals surface area contributed by atoms with E-state index in [4.69, 9.17) is 9.47 Å². The normalized spacial score (nSPS) is 15.8. The number of esters is 1. The van der Waals surface area contributed by atoms with Crippen LogP contribution in [0.15, 0.2) is 42.1 Å². The number of rotatable bonds is 6. The number of phenolic OH excluding ortho intramolecular Hbond substituents is 1. The van der Waals surface area contributed by atoms with Crippen molar-refractivity contribution in [3.05, 3.63) is 47.7 Å². The van der Waals surface area contributed by atoms with Crippen LogP contribution in [0.25, 0.3) is 0 Å². The van der Waals surface area contributed by atoms with Crippen molar-refractivity contribution in [2.45, 2.75) is 19.9 Å². The Morgan fingerprint density at radius 1 is 1.50 bits per heavy atom. The number of nitrogens with one attached hydrogen (secondary N) is 1. The van der Waals surface area contributed by atoms with Crippen LogP contribution >= 0.6 is 0 Å². The van der Waals surface area contributed by atoms with Gasteiger partial charge in [-0.1, -0.05) is 23.8 Å². The summed E-state index contributed by atoms with van der Waals surface area (Å²) in [6.45, 7) is 7.60. The van der Waals surface area contributed by atoms with E-state index >= 15 is 0 Å². The lowest BCUT2D eigenvalue weighted by atomic mass is 9.95. The van der Waals surface area contributed by atoms with Crippen molar-refractivity contribution >= 4 is 11.9 Å². The number of phenols is 1. The fourth-order valence-electron chi connectivity index (χ4n) is 2.77. The molecule has 136 valence electrons. The Bertz CT molecular complexity index is 874. The predicted octanol–water partition coefficient (Wildman–Crippen LogP) is 1.80. The summed E-state index contributed by atoms with van der Waals surface area (Å²) in [5.41, 5.74) is 1.61. The molecule has 3 rings (SSSR count). The number of hydrogen-bond donors (Lipinski definition) is 2. The zero-order chi connectivity index (χ0) is 18.7. The summed E-state index contributed by atoms with van der Waals surface area (Å²) in [5, 5.41) is 24.5. The topological polar surface area (TPSA) is 111 Å². The molecule has 0 spiro atoms. The van der Waals surface area contributed by atoms with E-state index in [0.29, 0.717) is 35.1 Å². The third-order valence-electron chi connectivity index (χ3n) is 3.87. The highest BCUT2D eigenvalue weighted by Crippen LogP contribution is 2.38. The van der Waals surface area contributed by atoms with Crippen molar-refractivity contribution in [3.63, 3.8) is 0 Å². The van der Waals surface area contributed by atoms with E-state index in [9.17, 15) is 9.90 Å². The fraction of sp³-hybridized carbons (Fsp3) is 0.294. The first-order valence-corrected chi connectivity index (χ1v) is 8.06. The number of anilines is 1. The fourth-order valence-corrected chi connectivity index (χ4v) is 2.77. The predicted molar refractivity (Wildman–Crippen MR) is 92.7 cm³/mol. The average molecular weight is 357 g/mol. The molecule has 0 saturated heterocycles. The maximum atomic E-state index is 12.6. The van der Waals surface area contributed by atoms with Crippen LogP contribution in [-0.4, -0.2) is 44.5 Å². The lowest BCUT2D eigenvalue weighted by Gasteiger charge is -2.27. The second kappa shape index (κ2) is 7.26. The molecule has 0 aliphatic carbocycles. The average Bonchev–Trinajstić information content (AvgIpc) is 3.08. The third kappa shape index (κ3) is 3.10. The van der Waals surface area contributed by atoms with E-state index < -0.39 is 12.0 Å². The summed E-state index contributed by atoms with van der Waals surface area (Å²) < 4.78 is 12.2. The molecule has 2 heterocycles. The van der Waals surface area contributed by atoms with Gasteiger partial charge in [-0.25, -0.2) is 4.79 Å². The zero-order valence-electron chi connectivity index (χ0n) is 14.5. The highest BCUT2D eigenvalue weighted by Gasteiger charge is 2.35. The number of aromatic hydroxyl groups is 1. The highest BCUT2D eigenvalue weighted by atomic mass is 16.5. The molecule has 0 saturated carbocycles. The van der Waals surface area contributed by atoms with Gasteiger partial charge in [0, 0.05) is 5.70 Å². The first-order chi connectivity index (χ1) is 12.6. The van der Waals surface area contributed by atoms with Crippen LogP contribution in [-0.2, 0) is 9.53 Å². The van der Waals surface area contributed by atoms with E-state index in [2.05, 4.69) is 27.4 Å². The van der Waals surface area contributed by atoms with Crippen molar-refractivity contribution in [2.75, 3.05) is 18.5 Å². The largest absolute Gasteiger partial charge is 0.504 e. The molecular weight excluding hydrogens is 338 g/mol. The van der Waals surface area contributed by atoms with Gasteiger partial charge in [-0.3, -0.25) is 0 Å². The maximum absolute atomic E-state index is 12.6. The molecule has 1 aromatic heterocycles. The van der Waals surface area contributed by atoms with Gasteiger partial charge in [0.2, 0.25) is 5.95 Å². The van der Waals surface area contributed by atoms with Crippen molar-refractivity contribution in [3.8, 4) is 11.5 Å². The second-order valence-corrected chi connectivity index (χ2v) is 5.56. The molecule has 9 nitrogen and oxygen atoms in total. The molecule has 1 aliphatic heterocycles. The van der Waals surface area contributed by atoms with Crippen LogP contribution < -0.4 is 10.1 Å². The van der Waals surface area contributed by atoms with Crippen LogP contribution in [0, 0.1) is 0 Å². The minimum absolute atomic E-state index is 0.0120. The van der Waals surface area contributed by atoms with Gasteiger partial charge in [-0.05, 0) is 42.0 Å². The molecule has 0 unspecified atom stereocenters. The number of nitrogens with zero attached hydrogens (tertiary/aromatic N) is 4. The summed E-state index contributed by atoms with van der Waals surface area (Å²) >= 11 is 0. The SMILES string of the molecule is C=CCOC(=O)C1=C(C)Nc2nnnn2[C@H]1c1ccc(O)c(OCC)c1. The van der Waals surface area contributed by atoms with E-state index in [1.807, 2.05) is 6.92 Å². The van der Waals surface area contributed by atoms with Gasteiger partial charge >= 0.3 is 5.97 Å². The number of ether oxygens (including phenoxy) is 2. The number of allylic oxidation sites excluding steroid dienone is 1. The molecule has 26 heavy (non-hydrogen) atoms. The van der Waals surface area contributed by atoms with E-state index in [1.165, 1.54) is 16.8 Å². The molecule has 9 heteroatoms. The zero-order valence-corrected chi connectivity index (χ0v) is 14.5. The van der Waals surface area contributed by atoms with Gasteiger partial charge < -0.3 is 19.9 Å². The number of hydrogen-bond acceptors (Lipinski definition) is 8.